The van der Waals surface area contributed by atoms with Crippen molar-refractivity contribution in [2.24, 2.45) is 0 Å². The fraction of sp³-hybridized carbons (Fsp3) is 0.333. The molecule has 1 unspecified atom stereocenters. The number of carbonyl (C=O) groups is 2. The molecule has 0 radical (unpaired) electrons. The summed E-state index contributed by atoms with van der Waals surface area (Å²) in [5, 5.41) is 3.33. The van der Waals surface area contributed by atoms with Crippen LogP contribution in [0.2, 0.25) is 0 Å². The van der Waals surface area contributed by atoms with Crippen LogP contribution >= 0.6 is 0 Å². The quantitative estimate of drug-likeness (QED) is 0.491. The number of fused-ring (bicyclic) bond motifs is 2. The second kappa shape index (κ2) is 10.6. The lowest BCUT2D eigenvalue weighted by Crippen LogP contribution is -2.49. The number of nitrogens with zero attached hydrogens (tertiary/aromatic N) is 7. The molecule has 1 N–H and O–H groups in total. The predicted octanol–water partition coefficient (Wildman–Crippen LogP) is 4.01. The van der Waals surface area contributed by atoms with Gasteiger partial charge in [0.25, 0.3) is 0 Å². The Bertz CT molecular complexity index is 1450. The Kier molecular flexibility index (Phi) is 6.85. The third-order valence-electron chi connectivity index (χ3n) is 8.03. The Balaban J connectivity index is 1.22. The number of anilines is 5. The molecule has 1 saturated heterocycles. The van der Waals surface area contributed by atoms with Gasteiger partial charge in [-0.05, 0) is 49.4 Å². The Labute approximate surface area is 234 Å². The van der Waals surface area contributed by atoms with Gasteiger partial charge in [0, 0.05) is 68.6 Å². The molecule has 0 saturated carbocycles. The highest BCUT2D eigenvalue weighted by Crippen LogP contribution is 2.41. The van der Waals surface area contributed by atoms with Crippen molar-refractivity contribution < 1.29 is 9.59 Å². The number of urea groups is 1. The minimum Gasteiger partial charge on any atom is -0.369 e. The molecule has 3 aliphatic rings. The van der Waals surface area contributed by atoms with Crippen LogP contribution in [0.5, 0.6) is 0 Å². The van der Waals surface area contributed by atoms with Crippen LogP contribution in [0.15, 0.2) is 67.4 Å². The van der Waals surface area contributed by atoms with Crippen LogP contribution in [0.1, 0.15) is 23.6 Å². The van der Waals surface area contributed by atoms with Crippen LogP contribution in [0.3, 0.4) is 0 Å². The van der Waals surface area contributed by atoms with Crippen LogP contribution < -0.4 is 20.0 Å². The lowest BCUT2D eigenvalue weighted by Gasteiger charge is -2.43. The van der Waals surface area contributed by atoms with E-state index in [-0.39, 0.29) is 18.0 Å². The van der Waals surface area contributed by atoms with Crippen molar-refractivity contribution in [2.45, 2.75) is 19.0 Å². The third-order valence-corrected chi connectivity index (χ3v) is 8.03. The summed E-state index contributed by atoms with van der Waals surface area (Å²) < 4.78 is 0. The summed E-state index contributed by atoms with van der Waals surface area (Å²) >= 11 is 0. The molecule has 10 nitrogen and oxygen atoms in total. The highest BCUT2D eigenvalue weighted by Gasteiger charge is 2.38. The maximum absolute atomic E-state index is 13.6. The van der Waals surface area contributed by atoms with Gasteiger partial charge in [-0.25, -0.2) is 9.78 Å². The van der Waals surface area contributed by atoms with Crippen molar-refractivity contribution in [3.63, 3.8) is 0 Å². The molecular formula is C30H34N8O2. The largest absolute Gasteiger partial charge is 0.369 e. The summed E-state index contributed by atoms with van der Waals surface area (Å²) in [4.78, 5) is 45.3. The molecule has 10 heteroatoms. The number of rotatable bonds is 5. The number of hydrogen-bond acceptors (Lipinski definition) is 7. The monoisotopic (exact) mass is 538 g/mol. The smallest absolute Gasteiger partial charge is 0.326 e. The van der Waals surface area contributed by atoms with Crippen molar-refractivity contribution in [1.29, 1.82) is 0 Å². The second-order valence-electron chi connectivity index (χ2n) is 10.5. The molecule has 0 bridgehead atoms. The summed E-state index contributed by atoms with van der Waals surface area (Å²) in [5.74, 6) is 0.909. The van der Waals surface area contributed by atoms with Crippen LogP contribution in [0.25, 0.3) is 0 Å². The van der Waals surface area contributed by atoms with E-state index >= 15 is 0 Å². The predicted molar refractivity (Wildman–Crippen MR) is 157 cm³/mol. The molecule has 40 heavy (non-hydrogen) atoms. The number of hydrogen-bond donors (Lipinski definition) is 1. The molecule has 1 aromatic heterocycles. The number of nitrogens with one attached hydrogen (secondary N) is 1. The summed E-state index contributed by atoms with van der Waals surface area (Å²) in [6, 6.07) is 15.8. The summed E-state index contributed by atoms with van der Waals surface area (Å²) in [5.41, 5.74) is 4.72. The number of piperazine rings is 1. The van der Waals surface area contributed by atoms with Gasteiger partial charge in [-0.2, -0.15) is 4.98 Å². The molecule has 0 spiro atoms. The number of likely N-dealkylation sites (N-methyl/N-ethyl adjacent to an activating group) is 1. The van der Waals surface area contributed by atoms with Crippen LogP contribution in [-0.4, -0.2) is 78.5 Å². The molecular weight excluding hydrogens is 504 g/mol. The highest BCUT2D eigenvalue weighted by atomic mass is 16.2. The fourth-order valence-corrected chi connectivity index (χ4v) is 5.82. The van der Waals surface area contributed by atoms with Gasteiger partial charge in [0.15, 0.2) is 0 Å². The number of carbonyl (C=O) groups excluding carboxylic acids is 2. The standard InChI is InChI=1S/C30H34N8O2/c1-4-27(39)37-13-12-26(24-10-5-6-11-25(24)37)38-20-21-19-31-29(33-28(21)35(3)30(38)40)32-22-8-7-9-23(18-22)36-16-14-34(2)15-17-36/h4-11,18-19,26H,1,12-17,20H2,2-3H3,(H,31,32,33). The zero-order valence-electron chi connectivity index (χ0n) is 23.0. The highest BCUT2D eigenvalue weighted by molar-refractivity contribution is 6.02. The summed E-state index contributed by atoms with van der Waals surface area (Å²) in [7, 11) is 3.90. The number of para-hydroxylation sites is 1. The van der Waals surface area contributed by atoms with E-state index in [4.69, 9.17) is 4.98 Å². The lowest BCUT2D eigenvalue weighted by atomic mass is 9.94. The van der Waals surface area contributed by atoms with E-state index < -0.39 is 0 Å². The normalized spacial score (nSPS) is 19.2. The zero-order chi connectivity index (χ0) is 27.8. The number of amides is 3. The number of benzene rings is 2. The molecule has 0 aliphatic carbocycles. The molecule has 4 heterocycles. The van der Waals surface area contributed by atoms with Crippen LogP contribution in [-0.2, 0) is 11.3 Å². The topological polar surface area (TPSA) is 88.2 Å². The van der Waals surface area contributed by atoms with Gasteiger partial charge < -0.3 is 24.9 Å². The molecule has 3 amide bonds. The molecule has 3 aliphatic heterocycles. The molecule has 6 rings (SSSR count). The van der Waals surface area contributed by atoms with Gasteiger partial charge in [-0.1, -0.05) is 30.8 Å². The van der Waals surface area contributed by atoms with Crippen LogP contribution in [0.4, 0.5) is 33.6 Å². The Hall–Kier alpha value is -4.44. The van der Waals surface area contributed by atoms with E-state index in [2.05, 4.69) is 45.9 Å². The van der Waals surface area contributed by atoms with Gasteiger partial charge in [0.2, 0.25) is 11.9 Å². The van der Waals surface area contributed by atoms with Gasteiger partial charge in [0.05, 0.1) is 12.6 Å². The van der Waals surface area contributed by atoms with E-state index in [0.29, 0.717) is 31.3 Å². The van der Waals surface area contributed by atoms with E-state index in [0.717, 1.165) is 48.7 Å². The summed E-state index contributed by atoms with van der Waals surface area (Å²) in [6.45, 7) is 8.62. The van der Waals surface area contributed by atoms with Crippen molar-refractivity contribution in [1.82, 2.24) is 19.8 Å². The number of aromatic nitrogens is 2. The van der Waals surface area contributed by atoms with Gasteiger partial charge in [0.1, 0.15) is 5.82 Å². The first-order chi connectivity index (χ1) is 19.4. The first-order valence-corrected chi connectivity index (χ1v) is 13.7. The zero-order valence-corrected chi connectivity index (χ0v) is 23.0. The van der Waals surface area contributed by atoms with Crippen molar-refractivity contribution >= 4 is 40.8 Å². The second-order valence-corrected chi connectivity index (χ2v) is 10.5. The van der Waals surface area contributed by atoms with Gasteiger partial charge in [-0.15, -0.1) is 0 Å². The average Bonchev–Trinajstić information content (AvgIpc) is 2.99. The van der Waals surface area contributed by atoms with Crippen molar-refractivity contribution in [3.8, 4) is 0 Å². The molecule has 1 atom stereocenters. The van der Waals surface area contributed by atoms with Crippen molar-refractivity contribution in [2.75, 3.05) is 66.8 Å². The van der Waals surface area contributed by atoms with E-state index in [1.165, 1.54) is 11.8 Å². The SMILES string of the molecule is C=CC(=O)N1CCC(N2Cc3cnc(Nc4cccc(N5CCN(C)CC5)c4)nc3N(C)C2=O)c2ccccc21. The minimum atomic E-state index is -0.164. The Morgan fingerprint density at radius 3 is 2.65 bits per heavy atom. The third kappa shape index (κ3) is 4.75. The minimum absolute atomic E-state index is 0.127. The lowest BCUT2D eigenvalue weighted by molar-refractivity contribution is -0.114. The van der Waals surface area contributed by atoms with E-state index in [1.807, 2.05) is 41.3 Å². The summed E-state index contributed by atoms with van der Waals surface area (Å²) in [6.07, 6.45) is 3.77. The Morgan fingerprint density at radius 2 is 1.85 bits per heavy atom. The molecule has 2 aromatic carbocycles. The fourth-order valence-electron chi connectivity index (χ4n) is 5.82. The molecule has 1 fully saturated rings. The van der Waals surface area contributed by atoms with Crippen LogP contribution in [0, 0.1) is 0 Å². The first kappa shape index (κ1) is 25.8. The maximum Gasteiger partial charge on any atom is 0.326 e. The molecule has 206 valence electrons. The Morgan fingerprint density at radius 1 is 1.05 bits per heavy atom. The van der Waals surface area contributed by atoms with E-state index in [1.54, 1.807) is 23.0 Å². The van der Waals surface area contributed by atoms with Crippen molar-refractivity contribution in [3.05, 3.63) is 78.5 Å². The molecule has 3 aromatic rings. The average molecular weight is 539 g/mol. The van der Waals surface area contributed by atoms with Gasteiger partial charge in [-0.3, -0.25) is 9.69 Å². The van der Waals surface area contributed by atoms with E-state index in [9.17, 15) is 9.59 Å². The maximum atomic E-state index is 13.6. The van der Waals surface area contributed by atoms with Gasteiger partial charge >= 0.3 is 6.03 Å². The first-order valence-electron chi connectivity index (χ1n) is 13.7.